The van der Waals surface area contributed by atoms with Crippen molar-refractivity contribution < 1.29 is 22.4 Å². The van der Waals surface area contributed by atoms with Crippen LogP contribution >= 0.6 is 11.8 Å². The molecule has 0 saturated carbocycles. The molecule has 0 bridgehead atoms. The van der Waals surface area contributed by atoms with Crippen LogP contribution in [-0.2, 0) is 4.79 Å². The molecule has 0 aliphatic rings. The van der Waals surface area contributed by atoms with E-state index < -0.39 is 25.2 Å². The van der Waals surface area contributed by atoms with Crippen molar-refractivity contribution in [1.29, 1.82) is 0 Å². The highest BCUT2D eigenvalue weighted by Crippen LogP contribution is 2.18. The molecule has 0 aliphatic heterocycles. The molecular weight excluding hydrogens is 232 g/mol. The maximum atomic E-state index is 12.9. The number of alkyl halides is 4. The van der Waals surface area contributed by atoms with Gasteiger partial charge < -0.3 is 0 Å². The third-order valence-electron chi connectivity index (χ3n) is 1.77. The smallest absolute Gasteiger partial charge is 0.185 e. The summed E-state index contributed by atoms with van der Waals surface area (Å²) in [6, 6.07) is 0. The normalized spacial score (nSPS) is 17.1. The molecule has 0 aromatic carbocycles. The Kier molecular flexibility index (Phi) is 7.82. The molecule has 0 amide bonds. The van der Waals surface area contributed by atoms with Crippen LogP contribution in [0.5, 0.6) is 0 Å². The highest BCUT2D eigenvalue weighted by Gasteiger charge is 2.29. The Morgan fingerprint density at radius 1 is 1.27 bits per heavy atom. The molecule has 90 valence electrons. The summed E-state index contributed by atoms with van der Waals surface area (Å²) in [5, 5.41) is -0.102. The molecular formula is C9H14F4OS. The number of thioether (sulfide) groups is 1. The second kappa shape index (κ2) is 7.96. The minimum Gasteiger partial charge on any atom is -0.288 e. The molecule has 0 heterocycles. The second-order valence-electron chi connectivity index (χ2n) is 3.11. The van der Waals surface area contributed by atoms with Gasteiger partial charge in [0.1, 0.15) is 12.8 Å². The monoisotopic (exact) mass is 246 g/mol. The lowest BCUT2D eigenvalue weighted by atomic mass is 10.1. The Balaban J connectivity index is 3.64. The average molecular weight is 246 g/mol. The van der Waals surface area contributed by atoms with Gasteiger partial charge >= 0.3 is 0 Å². The summed E-state index contributed by atoms with van der Waals surface area (Å²) in [6.07, 6.45) is -6.71. The summed E-state index contributed by atoms with van der Waals surface area (Å²) < 4.78 is 49.6. The molecule has 0 fully saturated rings. The van der Waals surface area contributed by atoms with E-state index in [0.717, 1.165) is 11.8 Å². The van der Waals surface area contributed by atoms with E-state index in [4.69, 9.17) is 0 Å². The number of hydrogen-bond donors (Lipinski definition) is 0. The summed E-state index contributed by atoms with van der Waals surface area (Å²) in [5.41, 5.74) is 0. The Bertz CT molecular complexity index is 191. The van der Waals surface area contributed by atoms with Crippen LogP contribution < -0.4 is 0 Å². The van der Waals surface area contributed by atoms with Gasteiger partial charge in [0.05, 0.1) is 0 Å². The molecule has 0 N–H and O–H groups in total. The molecule has 0 rings (SSSR count). The van der Waals surface area contributed by atoms with Gasteiger partial charge in [-0.25, -0.2) is 17.6 Å². The molecule has 3 atom stereocenters. The van der Waals surface area contributed by atoms with Gasteiger partial charge in [0.2, 0.25) is 0 Å². The number of rotatable bonds is 7. The molecule has 1 nitrogen and oxygen atoms in total. The van der Waals surface area contributed by atoms with E-state index in [2.05, 4.69) is 0 Å². The Morgan fingerprint density at radius 2 is 1.87 bits per heavy atom. The van der Waals surface area contributed by atoms with Gasteiger partial charge in [0.15, 0.2) is 17.5 Å². The van der Waals surface area contributed by atoms with E-state index >= 15 is 0 Å². The number of carbonyl (C=O) groups excluding carboxylic acids is 1. The number of carbonyl (C=O) groups is 1. The summed E-state index contributed by atoms with van der Waals surface area (Å²) in [4.78, 5) is 10.5. The lowest BCUT2D eigenvalue weighted by molar-refractivity contribution is -0.109. The maximum Gasteiger partial charge on any atom is 0.185 e. The summed E-state index contributed by atoms with van der Waals surface area (Å²) in [5.74, 6) is 0.370. The fraction of sp³-hybridized carbons (Fsp3) is 0.889. The zero-order chi connectivity index (χ0) is 11.8. The molecule has 0 aromatic rings. The molecule has 0 aliphatic carbocycles. The van der Waals surface area contributed by atoms with Gasteiger partial charge in [-0.15, -0.1) is 0 Å². The predicted molar refractivity (Wildman–Crippen MR) is 53.0 cm³/mol. The molecule has 0 aromatic heterocycles. The molecule has 0 radical (unpaired) electrons. The van der Waals surface area contributed by atoms with Gasteiger partial charge in [-0.1, -0.05) is 11.8 Å². The average Bonchev–Trinajstić information content (AvgIpc) is 2.21. The van der Waals surface area contributed by atoms with Crippen LogP contribution in [0.15, 0.2) is 0 Å². The molecule has 15 heavy (non-hydrogen) atoms. The van der Waals surface area contributed by atoms with Gasteiger partial charge in [0, 0.05) is 12.7 Å². The van der Waals surface area contributed by atoms with E-state index in [1.807, 2.05) is 0 Å². The van der Waals surface area contributed by atoms with Crippen LogP contribution in [0.1, 0.15) is 19.8 Å². The lowest BCUT2D eigenvalue weighted by Crippen LogP contribution is -2.29. The summed E-state index contributed by atoms with van der Waals surface area (Å²) in [6.45, 7) is -0.139. The Labute approximate surface area is 90.6 Å². The number of hydrogen-bond acceptors (Lipinski definition) is 2. The fourth-order valence-corrected chi connectivity index (χ4v) is 1.56. The zero-order valence-corrected chi connectivity index (χ0v) is 9.21. The first-order valence-electron chi connectivity index (χ1n) is 4.60. The maximum absolute atomic E-state index is 12.9. The van der Waals surface area contributed by atoms with Crippen molar-refractivity contribution in [1.82, 2.24) is 0 Å². The van der Waals surface area contributed by atoms with Crippen molar-refractivity contribution in [3.8, 4) is 0 Å². The minimum absolute atomic E-state index is 0.102. The quantitative estimate of drug-likeness (QED) is 0.507. The Hall–Kier alpha value is -0.260. The van der Waals surface area contributed by atoms with Crippen molar-refractivity contribution in [3.63, 3.8) is 0 Å². The van der Waals surface area contributed by atoms with Crippen LogP contribution in [0.25, 0.3) is 0 Å². The van der Waals surface area contributed by atoms with Crippen LogP contribution in [-0.4, -0.2) is 36.1 Å². The Morgan fingerprint density at radius 3 is 2.33 bits per heavy atom. The topological polar surface area (TPSA) is 17.1 Å². The largest absolute Gasteiger partial charge is 0.288 e. The predicted octanol–water partition coefficient (Wildman–Crippen LogP) is 3.03. The summed E-state index contributed by atoms with van der Waals surface area (Å²) >= 11 is 1.00. The first kappa shape index (κ1) is 14.7. The van der Waals surface area contributed by atoms with Gasteiger partial charge in [-0.2, -0.15) is 0 Å². The van der Waals surface area contributed by atoms with Crippen LogP contribution in [0.4, 0.5) is 17.6 Å². The van der Waals surface area contributed by atoms with Crippen molar-refractivity contribution in [2.45, 2.75) is 38.3 Å². The fourth-order valence-electron chi connectivity index (χ4n) is 0.965. The first-order chi connectivity index (χ1) is 6.99. The van der Waals surface area contributed by atoms with Crippen LogP contribution in [0.3, 0.4) is 0 Å². The van der Waals surface area contributed by atoms with E-state index in [1.165, 1.54) is 6.92 Å². The standard InChI is InChI=1S/C9H14F4OS/c1-6(14)15-4-2-3-7(11)9(13)8(12)5-10/h7-9H,2-5H2,1H3. The summed E-state index contributed by atoms with van der Waals surface area (Å²) in [7, 11) is 0. The highest BCUT2D eigenvalue weighted by molar-refractivity contribution is 8.13. The van der Waals surface area contributed by atoms with Crippen molar-refractivity contribution in [2.24, 2.45) is 0 Å². The van der Waals surface area contributed by atoms with E-state index in [0.29, 0.717) is 5.75 Å². The number of halogens is 4. The highest BCUT2D eigenvalue weighted by atomic mass is 32.2. The SMILES string of the molecule is CC(=O)SCCCC(F)C(F)C(F)CF. The van der Waals surface area contributed by atoms with E-state index in [-0.39, 0.29) is 18.0 Å². The van der Waals surface area contributed by atoms with E-state index in [1.54, 1.807) is 0 Å². The van der Waals surface area contributed by atoms with Gasteiger partial charge in [0.25, 0.3) is 0 Å². The van der Waals surface area contributed by atoms with E-state index in [9.17, 15) is 22.4 Å². The molecule has 0 saturated heterocycles. The van der Waals surface area contributed by atoms with Gasteiger partial charge in [-0.3, -0.25) is 4.79 Å². The van der Waals surface area contributed by atoms with Crippen LogP contribution in [0.2, 0.25) is 0 Å². The zero-order valence-electron chi connectivity index (χ0n) is 8.39. The minimum atomic E-state index is -2.41. The lowest BCUT2D eigenvalue weighted by Gasteiger charge is -2.14. The van der Waals surface area contributed by atoms with Gasteiger partial charge in [-0.05, 0) is 12.8 Å². The van der Waals surface area contributed by atoms with Crippen LogP contribution in [0, 0.1) is 0 Å². The molecule has 3 unspecified atom stereocenters. The molecule has 6 heteroatoms. The second-order valence-corrected chi connectivity index (χ2v) is 4.38. The molecule has 0 spiro atoms. The van der Waals surface area contributed by atoms with Crippen molar-refractivity contribution in [2.75, 3.05) is 12.4 Å². The van der Waals surface area contributed by atoms with Crippen molar-refractivity contribution >= 4 is 16.9 Å². The van der Waals surface area contributed by atoms with Crippen molar-refractivity contribution in [3.05, 3.63) is 0 Å². The third-order valence-corrected chi connectivity index (χ3v) is 2.67. The first-order valence-corrected chi connectivity index (χ1v) is 5.59. The third kappa shape index (κ3) is 6.76.